The minimum atomic E-state index is -4.22. The monoisotopic (exact) mass is 685 g/mol. The number of aromatic nitrogens is 1. The van der Waals surface area contributed by atoms with E-state index in [4.69, 9.17) is 9.47 Å². The van der Waals surface area contributed by atoms with Crippen LogP contribution in [0, 0.1) is 0 Å². The largest absolute Gasteiger partial charge is 0.465 e. The number of anilines is 1. The van der Waals surface area contributed by atoms with Gasteiger partial charge in [-0.15, -0.1) is 11.3 Å². The van der Waals surface area contributed by atoms with Crippen LogP contribution in [0.15, 0.2) is 27.7 Å². The lowest BCUT2D eigenvalue weighted by atomic mass is 9.95. The summed E-state index contributed by atoms with van der Waals surface area (Å²) in [5.41, 5.74) is 1.72. The molecule has 0 spiro atoms. The number of thiazole rings is 1. The molecule has 15 heteroatoms. The highest BCUT2D eigenvalue weighted by Crippen LogP contribution is 2.38. The molecule has 3 aromatic rings. The smallest absolute Gasteiger partial charge is 0.341 e. The molecule has 0 saturated heterocycles. The molecule has 0 fully saturated rings. The van der Waals surface area contributed by atoms with Crippen LogP contribution in [0.2, 0.25) is 0 Å². The third-order valence-electron chi connectivity index (χ3n) is 6.06. The van der Waals surface area contributed by atoms with Gasteiger partial charge < -0.3 is 19.4 Å². The van der Waals surface area contributed by atoms with E-state index >= 15 is 0 Å². The third kappa shape index (κ3) is 7.70. The molecule has 1 aromatic carbocycles. The number of nitrogens with one attached hydrogen (secondary N) is 1. The van der Waals surface area contributed by atoms with Crippen LogP contribution in [0.3, 0.4) is 0 Å². The molecule has 0 atom stereocenters. The molecule has 2 aromatic heterocycles. The van der Waals surface area contributed by atoms with E-state index in [9.17, 15) is 27.6 Å². The molecule has 2 heterocycles. The zero-order valence-electron chi connectivity index (χ0n) is 22.4. The second-order valence-electron chi connectivity index (χ2n) is 9.11. The molecule has 1 aliphatic carbocycles. The number of esters is 2. The average molecular weight is 687 g/mol. The number of thiophene rings is 1. The number of halogens is 1. The van der Waals surface area contributed by atoms with E-state index in [0.29, 0.717) is 16.6 Å². The van der Waals surface area contributed by atoms with E-state index in [2.05, 4.69) is 26.2 Å². The Bertz CT molecular complexity index is 1690. The molecule has 0 aliphatic heterocycles. The summed E-state index contributed by atoms with van der Waals surface area (Å²) in [6.45, 7) is 3.47. The van der Waals surface area contributed by atoms with Crippen molar-refractivity contribution in [3.05, 3.63) is 43.5 Å². The van der Waals surface area contributed by atoms with Crippen LogP contribution in [0.1, 0.15) is 47.5 Å². The van der Waals surface area contributed by atoms with Crippen molar-refractivity contribution in [2.24, 2.45) is 4.99 Å². The van der Waals surface area contributed by atoms with E-state index in [0.717, 1.165) is 45.5 Å². The van der Waals surface area contributed by atoms with Gasteiger partial charge >= 0.3 is 11.9 Å². The second kappa shape index (κ2) is 13.4. The third-order valence-corrected chi connectivity index (χ3v) is 10.2. The minimum absolute atomic E-state index is 0.124. The quantitative estimate of drug-likeness (QED) is 0.318. The molecule has 0 radical (unpaired) electrons. The van der Waals surface area contributed by atoms with E-state index < -0.39 is 45.1 Å². The summed E-state index contributed by atoms with van der Waals surface area (Å²) in [5.74, 6) is -4.94. The Morgan fingerprint density at radius 1 is 1.05 bits per heavy atom. The fourth-order valence-corrected chi connectivity index (χ4v) is 8.34. The first-order valence-corrected chi connectivity index (χ1v) is 17.1. The SMILES string of the molecule is CCOC(=O)Cn1c(=NC(=O)CS(=O)(=O)CC(=O)Nc2sc3c(c2C(=O)OCC)CCCC3)sc2cc(Br)ccc21. The van der Waals surface area contributed by atoms with E-state index in [1.165, 1.54) is 15.9 Å². The normalized spacial score (nSPS) is 13.6. The summed E-state index contributed by atoms with van der Waals surface area (Å²) in [6, 6.07) is 5.30. The maximum absolute atomic E-state index is 12.8. The van der Waals surface area contributed by atoms with Crippen molar-refractivity contribution in [2.75, 3.05) is 30.0 Å². The predicted molar refractivity (Wildman–Crippen MR) is 159 cm³/mol. The number of amides is 2. The number of benzene rings is 1. The van der Waals surface area contributed by atoms with Crippen molar-refractivity contribution in [2.45, 2.75) is 46.1 Å². The molecule has 0 saturated carbocycles. The van der Waals surface area contributed by atoms with Crippen LogP contribution in [-0.2, 0) is 53.1 Å². The van der Waals surface area contributed by atoms with Crippen molar-refractivity contribution in [3.8, 4) is 0 Å². The van der Waals surface area contributed by atoms with Gasteiger partial charge in [0.15, 0.2) is 14.6 Å². The van der Waals surface area contributed by atoms with Crippen molar-refractivity contribution in [1.29, 1.82) is 0 Å². The summed E-state index contributed by atoms with van der Waals surface area (Å²) in [5, 5.41) is 2.80. The van der Waals surface area contributed by atoms with Crippen LogP contribution in [0.5, 0.6) is 0 Å². The first kappa shape index (κ1) is 31.1. The van der Waals surface area contributed by atoms with Crippen molar-refractivity contribution in [3.63, 3.8) is 0 Å². The molecule has 41 heavy (non-hydrogen) atoms. The summed E-state index contributed by atoms with van der Waals surface area (Å²) in [7, 11) is -4.22. The predicted octanol–water partition coefficient (Wildman–Crippen LogP) is 3.63. The van der Waals surface area contributed by atoms with E-state index in [1.54, 1.807) is 32.0 Å². The summed E-state index contributed by atoms with van der Waals surface area (Å²) >= 11 is 5.74. The number of sulfone groups is 1. The fraction of sp³-hybridized carbons (Fsp3) is 0.423. The highest BCUT2D eigenvalue weighted by Gasteiger charge is 2.29. The maximum atomic E-state index is 12.8. The zero-order chi connectivity index (χ0) is 29.7. The van der Waals surface area contributed by atoms with Crippen molar-refractivity contribution >= 4 is 87.4 Å². The molecule has 1 N–H and O–H groups in total. The number of carbonyl (C=O) groups excluding carboxylic acids is 4. The van der Waals surface area contributed by atoms with Crippen LogP contribution >= 0.6 is 38.6 Å². The fourth-order valence-electron chi connectivity index (χ4n) is 4.43. The zero-order valence-corrected chi connectivity index (χ0v) is 26.4. The highest BCUT2D eigenvalue weighted by atomic mass is 79.9. The number of carbonyl (C=O) groups is 4. The summed E-state index contributed by atoms with van der Waals surface area (Å²) < 4.78 is 38.8. The number of ether oxygens (including phenoxy) is 2. The molecule has 220 valence electrons. The minimum Gasteiger partial charge on any atom is -0.465 e. The summed E-state index contributed by atoms with van der Waals surface area (Å²) in [4.78, 5) is 55.4. The van der Waals surface area contributed by atoms with Gasteiger partial charge in [0, 0.05) is 9.35 Å². The number of aryl methyl sites for hydroxylation is 1. The van der Waals surface area contributed by atoms with Gasteiger partial charge in [-0.25, -0.2) is 13.2 Å². The molecule has 2 amide bonds. The standard InChI is InChI=1S/C26H28BrN3O8S3/c1-3-37-22(33)12-30-17-10-9-15(27)11-19(17)40-26(30)29-21(32)14-41(35,36)13-20(31)28-24-23(25(34)38-4-2)16-7-5-6-8-18(16)39-24/h9-11H,3-8,12-14H2,1-2H3,(H,28,31). The number of hydrogen-bond acceptors (Lipinski definition) is 10. The lowest BCUT2D eigenvalue weighted by molar-refractivity contribution is -0.143. The Balaban J connectivity index is 1.52. The van der Waals surface area contributed by atoms with Gasteiger partial charge in [0.1, 0.15) is 23.1 Å². The van der Waals surface area contributed by atoms with Crippen molar-refractivity contribution < 1.29 is 37.1 Å². The average Bonchev–Trinajstić information content (AvgIpc) is 3.40. The Morgan fingerprint density at radius 3 is 2.51 bits per heavy atom. The van der Waals surface area contributed by atoms with E-state index in [-0.39, 0.29) is 35.1 Å². The lowest BCUT2D eigenvalue weighted by Crippen LogP contribution is -2.29. The molecule has 0 bridgehead atoms. The first-order valence-electron chi connectivity index (χ1n) is 12.8. The van der Waals surface area contributed by atoms with Gasteiger partial charge in [0.05, 0.1) is 29.0 Å². The molecule has 4 rings (SSSR count). The van der Waals surface area contributed by atoms with Gasteiger partial charge in [-0.2, -0.15) is 4.99 Å². The molecule has 11 nitrogen and oxygen atoms in total. The van der Waals surface area contributed by atoms with Gasteiger partial charge in [-0.05, 0) is 63.3 Å². The van der Waals surface area contributed by atoms with E-state index in [1.807, 2.05) is 0 Å². The lowest BCUT2D eigenvalue weighted by Gasteiger charge is -2.12. The summed E-state index contributed by atoms with van der Waals surface area (Å²) in [6.07, 6.45) is 3.30. The number of hydrogen-bond donors (Lipinski definition) is 1. The highest BCUT2D eigenvalue weighted by molar-refractivity contribution is 9.10. The number of fused-ring (bicyclic) bond motifs is 2. The van der Waals surface area contributed by atoms with Crippen LogP contribution in [-0.4, -0.2) is 61.5 Å². The molecule has 1 aliphatic rings. The van der Waals surface area contributed by atoms with Gasteiger partial charge in [-0.3, -0.25) is 14.4 Å². The second-order valence-corrected chi connectivity index (χ2v) is 14.2. The molecular weight excluding hydrogens is 658 g/mol. The van der Waals surface area contributed by atoms with Gasteiger partial charge in [0.25, 0.3) is 5.91 Å². The number of nitrogens with zero attached hydrogens (tertiary/aromatic N) is 2. The molecule has 0 unspecified atom stereocenters. The van der Waals surface area contributed by atoms with Crippen LogP contribution in [0.25, 0.3) is 10.2 Å². The van der Waals surface area contributed by atoms with Gasteiger partial charge in [0.2, 0.25) is 5.91 Å². The van der Waals surface area contributed by atoms with Crippen molar-refractivity contribution in [1.82, 2.24) is 4.57 Å². The van der Waals surface area contributed by atoms with Gasteiger partial charge in [-0.1, -0.05) is 27.3 Å². The molecular formula is C26H28BrN3O8S3. The topological polar surface area (TPSA) is 150 Å². The number of rotatable bonds is 10. The Hall–Kier alpha value is -2.88. The first-order chi connectivity index (χ1) is 19.5. The Morgan fingerprint density at radius 2 is 1.78 bits per heavy atom. The Labute approximate surface area is 252 Å². The Kier molecular flexibility index (Phi) is 10.2. The van der Waals surface area contributed by atoms with Crippen LogP contribution in [0.4, 0.5) is 5.00 Å². The van der Waals surface area contributed by atoms with Crippen LogP contribution < -0.4 is 10.1 Å². The maximum Gasteiger partial charge on any atom is 0.341 e.